The van der Waals surface area contributed by atoms with Crippen molar-refractivity contribution >= 4 is 0 Å². The van der Waals surface area contributed by atoms with Gasteiger partial charge in [-0.05, 0) is 24.8 Å². The maximum atomic E-state index is 12.7. The minimum Gasteiger partial charge on any atom is -0.202 e. The van der Waals surface area contributed by atoms with Crippen LogP contribution < -0.4 is 0 Å². The predicted molar refractivity (Wildman–Crippen MR) is 37.1 cm³/mol. The first kappa shape index (κ1) is 7.70. The summed E-state index contributed by atoms with van der Waals surface area (Å²) >= 11 is 0. The minimum absolute atomic E-state index is 0.0243. The van der Waals surface area contributed by atoms with Crippen LogP contribution in [0.2, 0.25) is 0 Å². The van der Waals surface area contributed by atoms with E-state index in [2.05, 4.69) is 0 Å². The first-order valence-corrected chi connectivity index (χ1v) is 3.59. The van der Waals surface area contributed by atoms with Gasteiger partial charge in [0, 0.05) is 6.42 Å². The fourth-order valence-corrected chi connectivity index (χ4v) is 1.24. The Labute approximate surface area is 59.9 Å². The molecule has 0 nitrogen and oxygen atoms in total. The summed E-state index contributed by atoms with van der Waals surface area (Å²) in [4.78, 5) is 0. The van der Waals surface area contributed by atoms with Gasteiger partial charge in [-0.15, -0.1) is 0 Å². The molecule has 0 saturated carbocycles. The zero-order chi connectivity index (χ0) is 7.78. The highest BCUT2D eigenvalue weighted by Crippen LogP contribution is 2.35. The Balaban J connectivity index is 2.78. The molecule has 1 aliphatic rings. The van der Waals surface area contributed by atoms with Crippen LogP contribution in [0, 0.1) is 5.92 Å². The highest BCUT2D eigenvalue weighted by atomic mass is 19.3. The number of halogens is 2. The predicted octanol–water partition coefficient (Wildman–Crippen LogP) is 3.00. The van der Waals surface area contributed by atoms with E-state index in [1.165, 1.54) is 6.92 Å². The van der Waals surface area contributed by atoms with Crippen molar-refractivity contribution in [2.45, 2.75) is 32.6 Å². The third-order valence-corrected chi connectivity index (χ3v) is 2.03. The van der Waals surface area contributed by atoms with Gasteiger partial charge in [-0.25, -0.2) is 8.78 Å². The quantitative estimate of drug-likeness (QED) is 0.461. The third-order valence-electron chi connectivity index (χ3n) is 2.03. The number of hydrogen-bond acceptors (Lipinski definition) is 0. The molecule has 1 atom stereocenters. The Morgan fingerprint density at radius 2 is 2.20 bits per heavy atom. The summed E-state index contributed by atoms with van der Waals surface area (Å²) in [6.07, 6.45) is 2.31. The topological polar surface area (TPSA) is 0 Å². The second kappa shape index (κ2) is 2.33. The van der Waals surface area contributed by atoms with Crippen molar-refractivity contribution in [1.82, 2.24) is 0 Å². The van der Waals surface area contributed by atoms with Gasteiger partial charge in [-0.2, -0.15) is 0 Å². The zero-order valence-corrected chi connectivity index (χ0v) is 6.32. The van der Waals surface area contributed by atoms with Crippen LogP contribution in [-0.4, -0.2) is 5.92 Å². The smallest absolute Gasteiger partial charge is 0.202 e. The van der Waals surface area contributed by atoms with Crippen LogP contribution in [0.1, 0.15) is 26.7 Å². The monoisotopic (exact) mass is 146 g/mol. The van der Waals surface area contributed by atoms with Crippen LogP contribution in [0.5, 0.6) is 0 Å². The van der Waals surface area contributed by atoms with Crippen molar-refractivity contribution < 1.29 is 8.78 Å². The maximum absolute atomic E-state index is 12.7. The molecule has 0 aromatic carbocycles. The lowest BCUT2D eigenvalue weighted by Crippen LogP contribution is -2.23. The van der Waals surface area contributed by atoms with Gasteiger partial charge >= 0.3 is 0 Å². The Bertz CT molecular complexity index is 159. The van der Waals surface area contributed by atoms with Crippen LogP contribution in [0.4, 0.5) is 8.78 Å². The number of hydrogen-bond donors (Lipinski definition) is 0. The summed E-state index contributed by atoms with van der Waals surface area (Å²) in [5.74, 6) is -2.19. The average Bonchev–Trinajstić information content (AvgIpc) is 1.81. The van der Waals surface area contributed by atoms with Crippen molar-refractivity contribution in [3.63, 3.8) is 0 Å². The van der Waals surface area contributed by atoms with E-state index in [1.807, 2.05) is 6.92 Å². The van der Waals surface area contributed by atoms with Crippen molar-refractivity contribution in [2.75, 3.05) is 0 Å². The van der Waals surface area contributed by atoms with Gasteiger partial charge in [-0.3, -0.25) is 0 Å². The lowest BCUT2D eigenvalue weighted by molar-refractivity contribution is 0.0204. The molecule has 0 fully saturated rings. The molecule has 1 aliphatic carbocycles. The minimum atomic E-state index is -2.52. The molecule has 58 valence electrons. The second-order valence-corrected chi connectivity index (χ2v) is 3.07. The summed E-state index contributed by atoms with van der Waals surface area (Å²) in [7, 11) is 0. The molecule has 10 heavy (non-hydrogen) atoms. The number of alkyl halides is 2. The van der Waals surface area contributed by atoms with Crippen LogP contribution in [0.3, 0.4) is 0 Å². The molecule has 0 aliphatic heterocycles. The summed E-state index contributed by atoms with van der Waals surface area (Å²) in [5.41, 5.74) is 0.242. The molecule has 0 spiro atoms. The lowest BCUT2D eigenvalue weighted by Gasteiger charge is -2.24. The second-order valence-electron chi connectivity index (χ2n) is 3.07. The molecular formula is C8H12F2. The Kier molecular flexibility index (Phi) is 1.80. The van der Waals surface area contributed by atoms with Crippen LogP contribution >= 0.6 is 0 Å². The molecule has 2 heteroatoms. The largest absolute Gasteiger partial charge is 0.269 e. The molecule has 0 saturated heterocycles. The van der Waals surface area contributed by atoms with E-state index in [0.29, 0.717) is 12.3 Å². The highest BCUT2D eigenvalue weighted by molar-refractivity contribution is 5.14. The lowest BCUT2D eigenvalue weighted by atomic mass is 9.90. The Hall–Kier alpha value is -0.400. The van der Waals surface area contributed by atoms with Crippen molar-refractivity contribution in [3.8, 4) is 0 Å². The molecule has 0 aromatic heterocycles. The summed E-state index contributed by atoms with van der Waals surface area (Å²) in [6, 6.07) is 0. The van der Waals surface area contributed by atoms with Gasteiger partial charge < -0.3 is 0 Å². The van der Waals surface area contributed by atoms with Gasteiger partial charge in [-0.1, -0.05) is 13.0 Å². The zero-order valence-electron chi connectivity index (χ0n) is 6.32. The first-order valence-electron chi connectivity index (χ1n) is 3.59. The molecule has 0 aromatic rings. The van der Waals surface area contributed by atoms with E-state index in [1.54, 1.807) is 6.08 Å². The van der Waals surface area contributed by atoms with Gasteiger partial charge in [0.1, 0.15) is 0 Å². The van der Waals surface area contributed by atoms with E-state index in [0.717, 1.165) is 0 Å². The van der Waals surface area contributed by atoms with Crippen molar-refractivity contribution in [3.05, 3.63) is 11.6 Å². The Morgan fingerprint density at radius 1 is 1.60 bits per heavy atom. The van der Waals surface area contributed by atoms with Crippen molar-refractivity contribution in [1.29, 1.82) is 0 Å². The average molecular weight is 146 g/mol. The fourth-order valence-electron chi connectivity index (χ4n) is 1.24. The summed E-state index contributed by atoms with van der Waals surface area (Å²) in [5, 5.41) is 0. The molecule has 0 radical (unpaired) electrons. The van der Waals surface area contributed by atoms with Gasteiger partial charge in [0.15, 0.2) is 0 Å². The fraction of sp³-hybridized carbons (Fsp3) is 0.750. The molecular weight excluding hydrogens is 134 g/mol. The molecule has 1 rings (SSSR count). The van der Waals surface area contributed by atoms with E-state index < -0.39 is 5.92 Å². The molecule has 1 unspecified atom stereocenters. The van der Waals surface area contributed by atoms with Gasteiger partial charge in [0.05, 0.1) is 0 Å². The molecule has 0 N–H and O–H groups in total. The maximum Gasteiger partial charge on any atom is 0.269 e. The van der Waals surface area contributed by atoms with Gasteiger partial charge in [0.2, 0.25) is 0 Å². The van der Waals surface area contributed by atoms with E-state index in [4.69, 9.17) is 0 Å². The standard InChI is InChI=1S/C8H12F2/c1-6-3-4-8(9,10)7(2)5-6/h5-6H,3-4H2,1-2H3. The normalized spacial score (nSPS) is 31.6. The third kappa shape index (κ3) is 1.36. The number of allylic oxidation sites excluding steroid dienone is 2. The summed E-state index contributed by atoms with van der Waals surface area (Å²) < 4.78 is 25.4. The SMILES string of the molecule is CC1=CC(C)CCC1(F)F. The van der Waals surface area contributed by atoms with E-state index in [-0.39, 0.29) is 12.0 Å². The first-order chi connectivity index (χ1) is 4.52. The van der Waals surface area contributed by atoms with Gasteiger partial charge in [0.25, 0.3) is 5.92 Å². The van der Waals surface area contributed by atoms with Crippen LogP contribution in [0.25, 0.3) is 0 Å². The van der Waals surface area contributed by atoms with Crippen LogP contribution in [-0.2, 0) is 0 Å². The van der Waals surface area contributed by atoms with E-state index >= 15 is 0 Å². The van der Waals surface area contributed by atoms with Crippen LogP contribution in [0.15, 0.2) is 11.6 Å². The van der Waals surface area contributed by atoms with Crippen molar-refractivity contribution in [2.24, 2.45) is 5.92 Å². The summed E-state index contributed by atoms with van der Waals surface area (Å²) in [6.45, 7) is 3.48. The number of rotatable bonds is 0. The Morgan fingerprint density at radius 3 is 2.60 bits per heavy atom. The molecule has 0 bridgehead atoms. The molecule has 0 amide bonds. The molecule has 0 heterocycles. The highest BCUT2D eigenvalue weighted by Gasteiger charge is 2.34. The van der Waals surface area contributed by atoms with E-state index in [9.17, 15) is 8.78 Å².